The van der Waals surface area contributed by atoms with Crippen LogP contribution in [0.25, 0.3) is 15.9 Å². The summed E-state index contributed by atoms with van der Waals surface area (Å²) in [6.45, 7) is 7.95. The molecule has 1 amide bonds. The van der Waals surface area contributed by atoms with Gasteiger partial charge < -0.3 is 14.8 Å². The van der Waals surface area contributed by atoms with Gasteiger partial charge in [-0.1, -0.05) is 35.9 Å². The first kappa shape index (κ1) is 26.1. The highest BCUT2D eigenvalue weighted by Gasteiger charge is 2.62. The predicted octanol–water partition coefficient (Wildman–Crippen LogP) is 7.44. The summed E-state index contributed by atoms with van der Waals surface area (Å²) in [4.78, 5) is 27.7. The van der Waals surface area contributed by atoms with E-state index in [9.17, 15) is 26.7 Å². The van der Waals surface area contributed by atoms with Gasteiger partial charge in [-0.25, -0.2) is 18.6 Å². The largest absolute Gasteiger partial charge is 0.419 e. The number of H-pyrrole nitrogens is 1. The monoisotopic (exact) mass is 571 g/mol. The van der Waals surface area contributed by atoms with Crippen molar-refractivity contribution in [3.63, 3.8) is 0 Å². The molecule has 1 spiro atoms. The number of nitrogens with one attached hydrogen (secondary N) is 1. The van der Waals surface area contributed by atoms with Crippen LogP contribution in [-0.2, 0) is 11.0 Å². The van der Waals surface area contributed by atoms with Crippen molar-refractivity contribution in [2.24, 2.45) is 5.41 Å². The van der Waals surface area contributed by atoms with E-state index in [0.29, 0.717) is 43.4 Å². The Morgan fingerprint density at radius 2 is 1.73 bits per heavy atom. The number of piperidine rings is 1. The molecule has 1 unspecified atom stereocenters. The van der Waals surface area contributed by atoms with E-state index in [1.54, 1.807) is 29.2 Å². The zero-order chi connectivity index (χ0) is 28.4. The summed E-state index contributed by atoms with van der Waals surface area (Å²) in [5, 5.41) is -0.113. The highest BCUT2D eigenvalue weighted by molar-refractivity contribution is 6.31. The fourth-order valence-corrected chi connectivity index (χ4v) is 5.92. The summed E-state index contributed by atoms with van der Waals surface area (Å²) in [6.07, 6.45) is -4.05. The van der Waals surface area contributed by atoms with Crippen molar-refractivity contribution < 1.29 is 26.7 Å². The normalized spacial score (nSPS) is 18.7. The molecule has 6 rings (SSSR count). The summed E-state index contributed by atoms with van der Waals surface area (Å²) in [6, 6.07) is 12.1. The van der Waals surface area contributed by atoms with Crippen molar-refractivity contribution in [1.29, 1.82) is 0 Å². The van der Waals surface area contributed by atoms with Crippen LogP contribution in [0.15, 0.2) is 54.6 Å². The molecule has 2 fully saturated rings. The molecule has 4 aromatic rings. The topological polar surface area (TPSA) is 56.6 Å². The van der Waals surface area contributed by atoms with Crippen molar-refractivity contribution in [1.82, 2.24) is 9.97 Å². The number of alkyl halides is 3. The Labute approximate surface area is 229 Å². The molecular formula is C28H19ClF5N5O. The van der Waals surface area contributed by atoms with E-state index >= 15 is 0 Å². The number of rotatable bonds is 3. The highest BCUT2D eigenvalue weighted by Crippen LogP contribution is 2.58. The minimum Gasteiger partial charge on any atom is -0.342 e. The summed E-state index contributed by atoms with van der Waals surface area (Å²) < 4.78 is 67.4. The maximum absolute atomic E-state index is 14.1. The second kappa shape index (κ2) is 9.20. The molecule has 0 saturated carbocycles. The van der Waals surface area contributed by atoms with Gasteiger partial charge in [0.15, 0.2) is 5.69 Å². The Hall–Kier alpha value is -4.17. The van der Waals surface area contributed by atoms with Crippen LogP contribution in [0.1, 0.15) is 30.0 Å². The number of halogens is 6. The van der Waals surface area contributed by atoms with Gasteiger partial charge in [-0.15, -0.1) is 0 Å². The summed E-state index contributed by atoms with van der Waals surface area (Å²) in [5.41, 5.74) is -0.356. The fraction of sp³-hybridized carbons (Fsp3) is 0.250. The van der Waals surface area contributed by atoms with Crippen LogP contribution < -0.4 is 9.80 Å². The number of benzene rings is 3. The lowest BCUT2D eigenvalue weighted by atomic mass is 9.62. The molecule has 40 heavy (non-hydrogen) atoms. The minimum absolute atomic E-state index is 0.0564. The SMILES string of the molecule is [C-]#[N+]c1ccc(C2N(c3ccc(F)c(Cl)c3)C(=O)C23CCN(c2nc4cc(F)c(C(F)(F)F)cc4[nH]2)CC3)cc1. The third-order valence-electron chi connectivity index (χ3n) is 7.76. The number of hydrogen-bond donors (Lipinski definition) is 1. The average Bonchev–Trinajstić information content (AvgIpc) is 3.35. The number of fused-ring (bicyclic) bond motifs is 1. The van der Waals surface area contributed by atoms with E-state index < -0.39 is 34.8 Å². The lowest BCUT2D eigenvalue weighted by Crippen LogP contribution is -2.66. The van der Waals surface area contributed by atoms with Crippen LogP contribution in [0.3, 0.4) is 0 Å². The van der Waals surface area contributed by atoms with Crippen molar-refractivity contribution in [2.75, 3.05) is 22.9 Å². The van der Waals surface area contributed by atoms with E-state index in [1.807, 2.05) is 4.90 Å². The molecule has 1 aromatic heterocycles. The number of imidazole rings is 1. The molecule has 2 saturated heterocycles. The minimum atomic E-state index is -4.84. The number of carbonyl (C=O) groups excluding carboxylic acids is 1. The molecule has 1 atom stereocenters. The molecule has 3 aromatic carbocycles. The zero-order valence-corrected chi connectivity index (χ0v) is 21.3. The van der Waals surface area contributed by atoms with Gasteiger partial charge in [0.25, 0.3) is 0 Å². The third kappa shape index (κ3) is 4.05. The standard InChI is InChI=1S/C28H19ClF5N5O/c1-35-16-4-2-15(3-5-16)24-27(25(40)39(24)17-6-7-20(30)19(29)12-17)8-10-38(11-9-27)26-36-22-13-18(28(32,33)34)21(31)14-23(22)37-26/h2-7,12-14,24H,8-11H2,(H,36,37). The lowest BCUT2D eigenvalue weighted by Gasteiger charge is -2.59. The van der Waals surface area contributed by atoms with Crippen molar-refractivity contribution >= 4 is 45.9 Å². The molecule has 12 heteroatoms. The number of amides is 1. The molecule has 1 N–H and O–H groups in total. The predicted molar refractivity (Wildman–Crippen MR) is 139 cm³/mol. The van der Waals surface area contributed by atoms with Gasteiger partial charge in [0.1, 0.15) is 11.6 Å². The van der Waals surface area contributed by atoms with E-state index in [1.165, 1.54) is 18.2 Å². The third-order valence-corrected chi connectivity index (χ3v) is 8.05. The number of anilines is 2. The number of aromatic amines is 1. The van der Waals surface area contributed by atoms with Gasteiger partial charge in [-0.3, -0.25) is 4.79 Å². The fourth-order valence-electron chi connectivity index (χ4n) is 5.75. The Morgan fingerprint density at radius 1 is 1.02 bits per heavy atom. The smallest absolute Gasteiger partial charge is 0.342 e. The first-order chi connectivity index (χ1) is 19.0. The summed E-state index contributed by atoms with van der Waals surface area (Å²) >= 11 is 6.01. The van der Waals surface area contributed by atoms with Crippen LogP contribution in [-0.4, -0.2) is 29.0 Å². The van der Waals surface area contributed by atoms with Gasteiger partial charge in [0.05, 0.1) is 39.6 Å². The van der Waals surface area contributed by atoms with E-state index in [0.717, 1.165) is 11.6 Å². The Kier molecular flexibility index (Phi) is 6.00. The number of β-lactam (4-membered cyclic amide) rings is 1. The first-order valence-corrected chi connectivity index (χ1v) is 12.7. The quantitative estimate of drug-likeness (QED) is 0.158. The van der Waals surface area contributed by atoms with Crippen molar-refractivity contribution in [2.45, 2.75) is 25.1 Å². The molecule has 0 bridgehead atoms. The first-order valence-electron chi connectivity index (χ1n) is 12.3. The van der Waals surface area contributed by atoms with Gasteiger partial charge >= 0.3 is 6.18 Å². The zero-order valence-electron chi connectivity index (χ0n) is 20.6. The molecule has 3 heterocycles. The molecule has 204 valence electrons. The average molecular weight is 572 g/mol. The molecule has 2 aliphatic heterocycles. The van der Waals surface area contributed by atoms with Crippen molar-refractivity contribution in [3.8, 4) is 0 Å². The highest BCUT2D eigenvalue weighted by atomic mass is 35.5. The number of hydrogen-bond acceptors (Lipinski definition) is 3. The van der Waals surface area contributed by atoms with E-state index in [2.05, 4.69) is 14.8 Å². The van der Waals surface area contributed by atoms with Crippen LogP contribution in [0.4, 0.5) is 39.3 Å². The van der Waals surface area contributed by atoms with Gasteiger partial charge in [0.2, 0.25) is 11.9 Å². The van der Waals surface area contributed by atoms with Crippen LogP contribution in [0.2, 0.25) is 5.02 Å². The lowest BCUT2D eigenvalue weighted by molar-refractivity contribution is -0.142. The Morgan fingerprint density at radius 3 is 2.35 bits per heavy atom. The summed E-state index contributed by atoms with van der Waals surface area (Å²) in [7, 11) is 0. The molecule has 2 aliphatic rings. The molecular weight excluding hydrogens is 553 g/mol. The van der Waals surface area contributed by atoms with Crippen LogP contribution in [0, 0.1) is 23.6 Å². The molecule has 0 radical (unpaired) electrons. The number of carbonyl (C=O) groups is 1. The number of aromatic nitrogens is 2. The summed E-state index contributed by atoms with van der Waals surface area (Å²) in [5.74, 6) is -1.87. The van der Waals surface area contributed by atoms with Gasteiger partial charge in [-0.05, 0) is 42.7 Å². The Balaban J connectivity index is 1.30. The van der Waals surface area contributed by atoms with Crippen molar-refractivity contribution in [3.05, 3.63) is 93.8 Å². The van der Waals surface area contributed by atoms with Gasteiger partial charge in [0, 0.05) is 24.8 Å². The van der Waals surface area contributed by atoms with Crippen LogP contribution in [0.5, 0.6) is 0 Å². The van der Waals surface area contributed by atoms with Gasteiger partial charge in [-0.2, -0.15) is 13.2 Å². The van der Waals surface area contributed by atoms with Crippen LogP contribution >= 0.6 is 11.6 Å². The second-order valence-electron chi connectivity index (χ2n) is 9.93. The number of nitrogens with zero attached hydrogens (tertiary/aromatic N) is 4. The van der Waals surface area contributed by atoms with E-state index in [-0.39, 0.29) is 27.9 Å². The Bertz CT molecular complexity index is 1690. The second-order valence-corrected chi connectivity index (χ2v) is 10.3. The molecule has 6 nitrogen and oxygen atoms in total. The maximum Gasteiger partial charge on any atom is 0.419 e. The van der Waals surface area contributed by atoms with E-state index in [4.69, 9.17) is 18.2 Å². The maximum atomic E-state index is 14.1. The molecule has 0 aliphatic carbocycles.